The molecule has 1 amide bonds. The molecule has 0 bridgehead atoms. The van der Waals surface area contributed by atoms with Gasteiger partial charge < -0.3 is 10.1 Å². The highest BCUT2D eigenvalue weighted by Gasteiger charge is 2.32. The van der Waals surface area contributed by atoms with E-state index < -0.39 is 21.9 Å². The fourth-order valence-corrected chi connectivity index (χ4v) is 3.35. The zero-order valence-electron chi connectivity index (χ0n) is 13.8. The first-order valence-corrected chi connectivity index (χ1v) is 9.55. The van der Waals surface area contributed by atoms with E-state index in [9.17, 15) is 18.0 Å². The Morgan fingerprint density at radius 2 is 1.92 bits per heavy atom. The standard InChI is InChI=1S/C18H17NO5S/c1-11-7-8-12(25(2,22)23)9-15(11)19-17(20)10-16-13-5-3-4-6-14(13)18(21)24-16/h3-9,16H,10H2,1-2H3,(H,19,20)/t16-/m1/s1. The van der Waals surface area contributed by atoms with Crippen molar-refractivity contribution in [3.8, 4) is 0 Å². The first-order valence-electron chi connectivity index (χ1n) is 7.66. The van der Waals surface area contributed by atoms with Crippen molar-refractivity contribution in [1.82, 2.24) is 0 Å². The van der Waals surface area contributed by atoms with Gasteiger partial charge in [-0.05, 0) is 30.7 Å². The number of esters is 1. The number of sulfone groups is 1. The third-order valence-electron chi connectivity index (χ3n) is 4.06. The number of nitrogens with one attached hydrogen (secondary N) is 1. The van der Waals surface area contributed by atoms with Gasteiger partial charge in [0.1, 0.15) is 6.10 Å². The summed E-state index contributed by atoms with van der Waals surface area (Å²) in [6, 6.07) is 11.5. The van der Waals surface area contributed by atoms with Crippen molar-refractivity contribution in [3.63, 3.8) is 0 Å². The number of aryl methyl sites for hydroxylation is 1. The molecule has 25 heavy (non-hydrogen) atoms. The number of hydrogen-bond donors (Lipinski definition) is 1. The predicted octanol–water partition coefficient (Wildman–Crippen LogP) is 2.64. The summed E-state index contributed by atoms with van der Waals surface area (Å²) >= 11 is 0. The van der Waals surface area contributed by atoms with Crippen molar-refractivity contribution in [2.24, 2.45) is 0 Å². The van der Waals surface area contributed by atoms with Gasteiger partial charge in [0.2, 0.25) is 5.91 Å². The molecule has 0 aromatic heterocycles. The smallest absolute Gasteiger partial charge is 0.339 e. The van der Waals surface area contributed by atoms with Crippen LogP contribution in [0.1, 0.15) is 34.0 Å². The van der Waals surface area contributed by atoms with Crippen molar-refractivity contribution in [2.45, 2.75) is 24.3 Å². The van der Waals surface area contributed by atoms with Crippen LogP contribution < -0.4 is 5.32 Å². The van der Waals surface area contributed by atoms with E-state index in [2.05, 4.69) is 5.32 Å². The largest absolute Gasteiger partial charge is 0.453 e. The molecule has 0 aliphatic carbocycles. The van der Waals surface area contributed by atoms with Crippen LogP contribution in [-0.2, 0) is 19.4 Å². The van der Waals surface area contributed by atoms with Crippen LogP contribution in [0, 0.1) is 6.92 Å². The summed E-state index contributed by atoms with van der Waals surface area (Å²) in [5.74, 6) is -0.799. The number of cyclic esters (lactones) is 1. The predicted molar refractivity (Wildman–Crippen MR) is 92.1 cm³/mol. The fraction of sp³-hybridized carbons (Fsp3) is 0.222. The average molecular weight is 359 g/mol. The van der Waals surface area contributed by atoms with Crippen molar-refractivity contribution >= 4 is 27.4 Å². The third-order valence-corrected chi connectivity index (χ3v) is 5.17. The normalized spacial score (nSPS) is 16.2. The molecule has 3 rings (SSSR count). The molecule has 6 nitrogen and oxygen atoms in total. The van der Waals surface area contributed by atoms with Crippen LogP contribution in [0.5, 0.6) is 0 Å². The summed E-state index contributed by atoms with van der Waals surface area (Å²) in [4.78, 5) is 24.3. The monoisotopic (exact) mass is 359 g/mol. The highest BCUT2D eigenvalue weighted by atomic mass is 32.2. The van der Waals surface area contributed by atoms with E-state index in [1.165, 1.54) is 12.1 Å². The van der Waals surface area contributed by atoms with Gasteiger partial charge in [-0.3, -0.25) is 4.79 Å². The molecule has 2 aromatic rings. The first kappa shape index (κ1) is 17.2. The summed E-state index contributed by atoms with van der Waals surface area (Å²) in [5, 5.41) is 2.70. The Bertz CT molecular complexity index is 965. The molecule has 0 spiro atoms. The van der Waals surface area contributed by atoms with Crippen LogP contribution in [0.4, 0.5) is 5.69 Å². The van der Waals surface area contributed by atoms with Gasteiger partial charge in [-0.15, -0.1) is 0 Å². The molecule has 7 heteroatoms. The summed E-state index contributed by atoms with van der Waals surface area (Å²) in [5.41, 5.74) is 2.31. The van der Waals surface area contributed by atoms with Crippen LogP contribution in [-0.4, -0.2) is 26.6 Å². The molecular formula is C18H17NO5S. The molecule has 1 heterocycles. The van der Waals surface area contributed by atoms with Crippen molar-refractivity contribution < 1.29 is 22.7 Å². The van der Waals surface area contributed by atoms with Crippen molar-refractivity contribution in [3.05, 3.63) is 59.2 Å². The van der Waals surface area contributed by atoms with Gasteiger partial charge in [0.15, 0.2) is 9.84 Å². The first-order chi connectivity index (χ1) is 11.8. The SMILES string of the molecule is Cc1ccc(S(C)(=O)=O)cc1NC(=O)C[C@H]1OC(=O)c2ccccc21. The molecule has 1 N–H and O–H groups in total. The van der Waals surface area contributed by atoms with Crippen molar-refractivity contribution in [2.75, 3.05) is 11.6 Å². The maximum absolute atomic E-state index is 12.3. The van der Waals surface area contributed by atoms with Crippen molar-refractivity contribution in [1.29, 1.82) is 0 Å². The second-order valence-electron chi connectivity index (χ2n) is 5.98. The minimum atomic E-state index is -3.37. The van der Waals surface area contributed by atoms with E-state index >= 15 is 0 Å². The lowest BCUT2D eigenvalue weighted by atomic mass is 10.0. The Labute approximate surface area is 145 Å². The van der Waals surface area contributed by atoms with Gasteiger partial charge in [0, 0.05) is 17.5 Å². The Hall–Kier alpha value is -2.67. The van der Waals surface area contributed by atoms with Crippen LogP contribution in [0.15, 0.2) is 47.4 Å². The summed E-state index contributed by atoms with van der Waals surface area (Å²) in [7, 11) is -3.37. The molecule has 2 aromatic carbocycles. The summed E-state index contributed by atoms with van der Waals surface area (Å²) in [6.07, 6.45) is 0.436. The quantitative estimate of drug-likeness (QED) is 0.848. The van der Waals surface area contributed by atoms with Crippen LogP contribution in [0.3, 0.4) is 0 Å². The molecular weight excluding hydrogens is 342 g/mol. The highest BCUT2D eigenvalue weighted by Crippen LogP contribution is 2.33. The van der Waals surface area contributed by atoms with E-state index in [-0.39, 0.29) is 17.2 Å². The van der Waals surface area contributed by atoms with Gasteiger partial charge in [0.05, 0.1) is 16.9 Å². The van der Waals surface area contributed by atoms with Crippen LogP contribution in [0.2, 0.25) is 0 Å². The number of amides is 1. The Morgan fingerprint density at radius 3 is 2.64 bits per heavy atom. The van der Waals surface area contributed by atoms with E-state index in [0.29, 0.717) is 16.8 Å². The second-order valence-corrected chi connectivity index (χ2v) is 8.00. The zero-order chi connectivity index (χ0) is 18.2. The molecule has 1 atom stereocenters. The number of carbonyl (C=O) groups is 2. The lowest BCUT2D eigenvalue weighted by molar-refractivity contribution is -0.118. The van der Waals surface area contributed by atoms with Crippen LogP contribution in [0.25, 0.3) is 0 Å². The number of rotatable bonds is 4. The Kier molecular flexibility index (Phi) is 4.34. The summed E-state index contributed by atoms with van der Waals surface area (Å²) in [6.45, 7) is 1.77. The number of anilines is 1. The maximum atomic E-state index is 12.3. The number of fused-ring (bicyclic) bond motifs is 1. The topological polar surface area (TPSA) is 89.5 Å². The number of hydrogen-bond acceptors (Lipinski definition) is 5. The molecule has 0 radical (unpaired) electrons. The molecule has 0 saturated carbocycles. The van der Waals surface area contributed by atoms with Gasteiger partial charge >= 0.3 is 5.97 Å². The molecule has 1 aliphatic heterocycles. The van der Waals surface area contributed by atoms with E-state index in [0.717, 1.165) is 11.8 Å². The van der Waals surface area contributed by atoms with Gasteiger partial charge in [0.25, 0.3) is 0 Å². The lowest BCUT2D eigenvalue weighted by Gasteiger charge is -2.13. The van der Waals surface area contributed by atoms with E-state index in [4.69, 9.17) is 4.74 Å². The number of carbonyl (C=O) groups excluding carboxylic acids is 2. The Balaban J connectivity index is 1.77. The average Bonchev–Trinajstić information content (AvgIpc) is 2.85. The summed E-state index contributed by atoms with van der Waals surface area (Å²) < 4.78 is 28.6. The third kappa shape index (κ3) is 3.56. The molecule has 0 fully saturated rings. The fourth-order valence-electron chi connectivity index (χ4n) is 2.71. The number of ether oxygens (including phenoxy) is 1. The second kappa shape index (κ2) is 6.33. The lowest BCUT2D eigenvalue weighted by Crippen LogP contribution is -2.16. The highest BCUT2D eigenvalue weighted by molar-refractivity contribution is 7.90. The number of benzene rings is 2. The van der Waals surface area contributed by atoms with Gasteiger partial charge in [-0.25, -0.2) is 13.2 Å². The Morgan fingerprint density at radius 1 is 1.20 bits per heavy atom. The molecule has 130 valence electrons. The van der Waals surface area contributed by atoms with Crippen LogP contribution >= 0.6 is 0 Å². The minimum Gasteiger partial charge on any atom is -0.453 e. The molecule has 1 aliphatic rings. The van der Waals surface area contributed by atoms with E-state index in [1.807, 2.05) is 0 Å². The van der Waals surface area contributed by atoms with E-state index in [1.54, 1.807) is 37.3 Å². The minimum absolute atomic E-state index is 0.0364. The maximum Gasteiger partial charge on any atom is 0.339 e. The van der Waals surface area contributed by atoms with Gasteiger partial charge in [-0.1, -0.05) is 24.3 Å². The van der Waals surface area contributed by atoms with Gasteiger partial charge in [-0.2, -0.15) is 0 Å². The molecule has 0 saturated heterocycles. The zero-order valence-corrected chi connectivity index (χ0v) is 14.6. The molecule has 0 unspecified atom stereocenters.